The SMILES string of the molecule is CCCNCCCSc1ncnc2nc[nH]c12. The summed E-state index contributed by atoms with van der Waals surface area (Å²) < 4.78 is 0. The van der Waals surface area contributed by atoms with Crippen LogP contribution >= 0.6 is 11.8 Å². The molecule has 0 spiro atoms. The Labute approximate surface area is 105 Å². The van der Waals surface area contributed by atoms with Gasteiger partial charge in [-0.3, -0.25) is 0 Å². The van der Waals surface area contributed by atoms with Crippen LogP contribution in [0.1, 0.15) is 19.8 Å². The molecule has 0 unspecified atom stereocenters. The molecule has 0 aromatic carbocycles. The molecular weight excluding hydrogens is 234 g/mol. The first kappa shape index (κ1) is 12.3. The van der Waals surface area contributed by atoms with Gasteiger partial charge in [0, 0.05) is 5.75 Å². The first-order valence-electron chi connectivity index (χ1n) is 5.89. The summed E-state index contributed by atoms with van der Waals surface area (Å²) in [4.78, 5) is 15.6. The molecule has 0 aliphatic rings. The molecule has 2 aromatic heterocycles. The fourth-order valence-corrected chi connectivity index (χ4v) is 2.42. The predicted molar refractivity (Wildman–Crippen MR) is 70.2 cm³/mol. The van der Waals surface area contributed by atoms with Gasteiger partial charge in [0.1, 0.15) is 16.9 Å². The maximum absolute atomic E-state index is 4.27. The second kappa shape index (κ2) is 6.56. The van der Waals surface area contributed by atoms with Gasteiger partial charge in [-0.1, -0.05) is 6.92 Å². The molecule has 0 saturated carbocycles. The number of nitrogens with one attached hydrogen (secondary N) is 2. The minimum atomic E-state index is 0.742. The molecule has 2 heterocycles. The van der Waals surface area contributed by atoms with Crippen LogP contribution in [0.2, 0.25) is 0 Å². The van der Waals surface area contributed by atoms with Crippen LogP contribution < -0.4 is 5.32 Å². The summed E-state index contributed by atoms with van der Waals surface area (Å²) >= 11 is 1.75. The van der Waals surface area contributed by atoms with E-state index >= 15 is 0 Å². The Balaban J connectivity index is 1.80. The topological polar surface area (TPSA) is 66.5 Å². The zero-order valence-electron chi connectivity index (χ0n) is 9.94. The van der Waals surface area contributed by atoms with Gasteiger partial charge in [-0.15, -0.1) is 11.8 Å². The largest absolute Gasteiger partial charge is 0.341 e. The lowest BCUT2D eigenvalue weighted by Gasteiger charge is -2.03. The Hall–Kier alpha value is -1.14. The van der Waals surface area contributed by atoms with E-state index in [1.807, 2.05) is 0 Å². The van der Waals surface area contributed by atoms with E-state index in [-0.39, 0.29) is 0 Å². The first-order valence-corrected chi connectivity index (χ1v) is 6.88. The number of imidazole rings is 1. The van der Waals surface area contributed by atoms with Gasteiger partial charge in [-0.05, 0) is 25.9 Å². The van der Waals surface area contributed by atoms with Crippen LogP contribution in [0.4, 0.5) is 0 Å². The molecule has 0 atom stereocenters. The van der Waals surface area contributed by atoms with Gasteiger partial charge in [-0.25, -0.2) is 15.0 Å². The zero-order chi connectivity index (χ0) is 11.9. The van der Waals surface area contributed by atoms with Gasteiger partial charge in [-0.2, -0.15) is 0 Å². The molecule has 0 bridgehead atoms. The summed E-state index contributed by atoms with van der Waals surface area (Å²) in [6.45, 7) is 4.35. The monoisotopic (exact) mass is 251 g/mol. The summed E-state index contributed by atoms with van der Waals surface area (Å²) in [6.07, 6.45) is 5.56. The van der Waals surface area contributed by atoms with Crippen LogP contribution in [0.3, 0.4) is 0 Å². The molecule has 2 rings (SSSR count). The molecule has 0 aliphatic heterocycles. The number of hydrogen-bond donors (Lipinski definition) is 2. The summed E-state index contributed by atoms with van der Waals surface area (Å²) in [5.74, 6) is 1.06. The summed E-state index contributed by atoms with van der Waals surface area (Å²) in [6, 6.07) is 0. The molecule has 0 amide bonds. The summed E-state index contributed by atoms with van der Waals surface area (Å²) in [5, 5.41) is 4.38. The second-order valence-corrected chi connectivity index (χ2v) is 4.82. The normalized spacial score (nSPS) is 11.1. The highest BCUT2D eigenvalue weighted by molar-refractivity contribution is 7.99. The van der Waals surface area contributed by atoms with Crippen molar-refractivity contribution in [3.8, 4) is 0 Å². The van der Waals surface area contributed by atoms with Gasteiger partial charge >= 0.3 is 0 Å². The summed E-state index contributed by atoms with van der Waals surface area (Å²) in [5.41, 5.74) is 1.69. The third kappa shape index (κ3) is 3.41. The molecule has 0 saturated heterocycles. The van der Waals surface area contributed by atoms with Crippen LogP contribution in [-0.4, -0.2) is 38.8 Å². The average molecular weight is 251 g/mol. The lowest BCUT2D eigenvalue weighted by atomic mass is 10.4. The quantitative estimate of drug-likeness (QED) is 0.446. The molecule has 17 heavy (non-hydrogen) atoms. The molecule has 0 radical (unpaired) electrons. The van der Waals surface area contributed by atoms with Gasteiger partial charge in [0.2, 0.25) is 0 Å². The van der Waals surface area contributed by atoms with E-state index in [1.54, 1.807) is 24.4 Å². The van der Waals surface area contributed by atoms with Crippen LogP contribution in [-0.2, 0) is 0 Å². The van der Waals surface area contributed by atoms with Crippen molar-refractivity contribution in [2.45, 2.75) is 24.8 Å². The Kier molecular flexibility index (Phi) is 4.75. The number of aromatic nitrogens is 4. The zero-order valence-corrected chi connectivity index (χ0v) is 10.8. The van der Waals surface area contributed by atoms with Crippen LogP contribution in [0.15, 0.2) is 17.7 Å². The van der Waals surface area contributed by atoms with Gasteiger partial charge < -0.3 is 10.3 Å². The first-order chi connectivity index (χ1) is 8.42. The van der Waals surface area contributed by atoms with E-state index in [4.69, 9.17) is 0 Å². The molecular formula is C11H17N5S. The molecule has 2 aromatic rings. The van der Waals surface area contributed by atoms with E-state index in [0.717, 1.165) is 41.5 Å². The molecule has 92 valence electrons. The third-order valence-electron chi connectivity index (χ3n) is 2.35. The minimum absolute atomic E-state index is 0.742. The maximum atomic E-state index is 4.27. The molecule has 0 aliphatic carbocycles. The van der Waals surface area contributed by atoms with Crippen molar-refractivity contribution >= 4 is 22.9 Å². The Bertz CT molecular complexity index is 456. The van der Waals surface area contributed by atoms with Crippen LogP contribution in [0.25, 0.3) is 11.2 Å². The lowest BCUT2D eigenvalue weighted by Crippen LogP contribution is -2.16. The van der Waals surface area contributed by atoms with Crippen molar-refractivity contribution in [1.29, 1.82) is 0 Å². The van der Waals surface area contributed by atoms with Crippen molar-refractivity contribution in [2.75, 3.05) is 18.8 Å². The minimum Gasteiger partial charge on any atom is -0.341 e. The predicted octanol–water partition coefficient (Wildman–Crippen LogP) is 1.83. The fraction of sp³-hybridized carbons (Fsp3) is 0.545. The van der Waals surface area contributed by atoms with E-state index in [2.05, 4.69) is 32.2 Å². The van der Waals surface area contributed by atoms with Crippen molar-refractivity contribution in [3.05, 3.63) is 12.7 Å². The lowest BCUT2D eigenvalue weighted by molar-refractivity contribution is 0.664. The van der Waals surface area contributed by atoms with Crippen LogP contribution in [0.5, 0.6) is 0 Å². The van der Waals surface area contributed by atoms with Gasteiger partial charge in [0.05, 0.1) is 6.33 Å². The van der Waals surface area contributed by atoms with Crippen molar-refractivity contribution < 1.29 is 0 Å². The average Bonchev–Trinajstić information content (AvgIpc) is 2.82. The molecule has 2 N–H and O–H groups in total. The third-order valence-corrected chi connectivity index (χ3v) is 3.43. The summed E-state index contributed by atoms with van der Waals surface area (Å²) in [7, 11) is 0. The van der Waals surface area contributed by atoms with Crippen LogP contribution in [0, 0.1) is 0 Å². The van der Waals surface area contributed by atoms with E-state index in [1.165, 1.54) is 6.42 Å². The highest BCUT2D eigenvalue weighted by atomic mass is 32.2. The number of fused-ring (bicyclic) bond motifs is 1. The highest BCUT2D eigenvalue weighted by Gasteiger charge is 2.05. The maximum Gasteiger partial charge on any atom is 0.181 e. The Morgan fingerprint density at radius 2 is 2.24 bits per heavy atom. The molecule has 5 nitrogen and oxygen atoms in total. The Morgan fingerprint density at radius 3 is 3.12 bits per heavy atom. The van der Waals surface area contributed by atoms with Gasteiger partial charge in [0.25, 0.3) is 0 Å². The number of rotatable bonds is 7. The Morgan fingerprint density at radius 1 is 1.29 bits per heavy atom. The fourth-order valence-electron chi connectivity index (χ4n) is 1.52. The van der Waals surface area contributed by atoms with E-state index < -0.39 is 0 Å². The van der Waals surface area contributed by atoms with E-state index in [9.17, 15) is 0 Å². The smallest absolute Gasteiger partial charge is 0.181 e. The van der Waals surface area contributed by atoms with Crippen molar-refractivity contribution in [2.24, 2.45) is 0 Å². The number of hydrogen-bond acceptors (Lipinski definition) is 5. The number of H-pyrrole nitrogens is 1. The van der Waals surface area contributed by atoms with Crippen molar-refractivity contribution in [1.82, 2.24) is 25.3 Å². The molecule has 0 fully saturated rings. The highest BCUT2D eigenvalue weighted by Crippen LogP contribution is 2.21. The van der Waals surface area contributed by atoms with E-state index in [0.29, 0.717) is 0 Å². The second-order valence-electron chi connectivity index (χ2n) is 3.73. The van der Waals surface area contributed by atoms with Gasteiger partial charge in [0.15, 0.2) is 5.65 Å². The standard InChI is InChI=1S/C11H17N5S/c1-2-4-12-5-3-6-17-11-9-10(14-7-13-9)15-8-16-11/h7-8,12H,2-6H2,1H3,(H,13,14,15,16). The number of aromatic amines is 1. The molecule has 6 heteroatoms. The number of thioether (sulfide) groups is 1. The number of nitrogens with zero attached hydrogens (tertiary/aromatic N) is 3. The van der Waals surface area contributed by atoms with Crippen molar-refractivity contribution in [3.63, 3.8) is 0 Å².